The van der Waals surface area contributed by atoms with Gasteiger partial charge in [0.2, 0.25) is 0 Å². The van der Waals surface area contributed by atoms with Gasteiger partial charge in [0.1, 0.15) is 0 Å². The van der Waals surface area contributed by atoms with Gasteiger partial charge in [-0.1, -0.05) is 6.07 Å². The van der Waals surface area contributed by atoms with Gasteiger partial charge in [-0.05, 0) is 26.2 Å². The molecule has 1 heterocycles. The van der Waals surface area contributed by atoms with Crippen LogP contribution in [0.3, 0.4) is 0 Å². The van der Waals surface area contributed by atoms with Crippen LogP contribution in [-0.4, -0.2) is 56.0 Å². The van der Waals surface area contributed by atoms with E-state index in [-0.39, 0.29) is 17.1 Å². The number of pyridine rings is 1. The van der Waals surface area contributed by atoms with E-state index in [1.165, 1.54) is 6.92 Å². The third-order valence-corrected chi connectivity index (χ3v) is 3.28. The zero-order valence-corrected chi connectivity index (χ0v) is 19.0. The topological polar surface area (TPSA) is 175 Å². The molecular formula is C13H18CuF6N4O6S2. The Morgan fingerprint density at radius 1 is 0.906 bits per heavy atom. The predicted molar refractivity (Wildman–Crippen MR) is 92.6 cm³/mol. The fraction of sp³-hybridized carbons (Fsp3) is 0.538. The van der Waals surface area contributed by atoms with Gasteiger partial charge in [0.25, 0.3) is 0 Å². The second kappa shape index (κ2) is 17.0. The fourth-order valence-electron chi connectivity index (χ4n) is 1.09. The number of alkyl halides is 6. The van der Waals surface area contributed by atoms with Crippen LogP contribution in [0.5, 0.6) is 0 Å². The monoisotopic (exact) mass is 567 g/mol. The van der Waals surface area contributed by atoms with Gasteiger partial charge in [-0.15, -0.1) is 0 Å². The molecule has 0 atom stereocenters. The van der Waals surface area contributed by atoms with E-state index < -0.39 is 31.3 Å². The summed E-state index contributed by atoms with van der Waals surface area (Å²) in [5.41, 5.74) is -9.12. The van der Waals surface area contributed by atoms with Crippen molar-refractivity contribution in [2.45, 2.75) is 31.0 Å². The van der Waals surface area contributed by atoms with Gasteiger partial charge in [0, 0.05) is 20.0 Å². The quantitative estimate of drug-likeness (QED) is 0.232. The Labute approximate surface area is 191 Å². The number of rotatable bonds is 4. The molecule has 0 fully saturated rings. The molecule has 1 aromatic heterocycles. The van der Waals surface area contributed by atoms with E-state index in [0.29, 0.717) is 0 Å². The molecule has 0 bridgehead atoms. The number of hydrogen-bond donors (Lipinski definition) is 2. The molecule has 191 valence electrons. The molecule has 0 saturated carbocycles. The van der Waals surface area contributed by atoms with Crippen molar-refractivity contribution in [2.75, 3.05) is 14.1 Å². The number of aromatic nitrogens is 1. The Bertz CT molecular complexity index is 826. The summed E-state index contributed by atoms with van der Waals surface area (Å²) in [6, 6.07) is 7.83. The normalized spacial score (nSPS) is 11.1. The molecule has 0 unspecified atom stereocenters. The van der Waals surface area contributed by atoms with Gasteiger partial charge in [0.15, 0.2) is 20.2 Å². The molecule has 2 N–H and O–H groups in total. The van der Waals surface area contributed by atoms with E-state index >= 15 is 0 Å². The molecular weight excluding hydrogens is 550 g/mol. The largest absolute Gasteiger partial charge is 2.00 e. The van der Waals surface area contributed by atoms with Crippen LogP contribution >= 0.6 is 0 Å². The van der Waals surface area contributed by atoms with Crippen LogP contribution in [0.1, 0.15) is 18.3 Å². The van der Waals surface area contributed by atoms with Gasteiger partial charge in [-0.2, -0.15) is 31.6 Å². The van der Waals surface area contributed by atoms with Crippen molar-refractivity contribution in [3.05, 3.63) is 29.6 Å². The average molecular weight is 568 g/mol. The standard InChI is InChI=1S/C9H15N3.C2H3N.2CHF3O3S.Cu/c1-10-6-8-4-3-5-9(12-8)7-11-2;1-2-3;2*2-1(3,4)8(5,6)7;/h3-5,10-11H,6-7H2,1-2H3;1H3;2*(H,5,6,7);/q;;;;+2/p-2. The first-order valence-corrected chi connectivity index (χ1v) is 10.2. The third kappa shape index (κ3) is 20.4. The Morgan fingerprint density at radius 2 is 1.12 bits per heavy atom. The van der Waals surface area contributed by atoms with Crippen molar-refractivity contribution < 1.29 is 69.4 Å². The van der Waals surface area contributed by atoms with Crippen LogP contribution in [0.25, 0.3) is 0 Å². The summed E-state index contributed by atoms with van der Waals surface area (Å²) in [6.45, 7) is 3.09. The molecule has 0 spiro atoms. The van der Waals surface area contributed by atoms with Crippen molar-refractivity contribution in [3.8, 4) is 6.07 Å². The second-order valence-corrected chi connectivity index (χ2v) is 7.45. The van der Waals surface area contributed by atoms with E-state index in [0.717, 1.165) is 24.5 Å². The summed E-state index contributed by atoms with van der Waals surface area (Å²) >= 11 is 0. The van der Waals surface area contributed by atoms with Crippen molar-refractivity contribution in [1.29, 1.82) is 5.26 Å². The molecule has 0 aliphatic heterocycles. The van der Waals surface area contributed by atoms with E-state index in [2.05, 4.69) is 15.6 Å². The zero-order valence-electron chi connectivity index (χ0n) is 16.4. The SMILES string of the molecule is CC#N.CNCc1cccc(CNC)n1.O=S(=O)([O-])C(F)(F)F.O=S(=O)([O-])C(F)(F)F.[Cu+2]. The zero-order chi connectivity index (χ0) is 25.5. The number of halogens is 6. The Kier molecular flexibility index (Phi) is 20.1. The molecule has 0 aromatic carbocycles. The molecule has 1 aromatic rings. The first-order valence-electron chi connectivity index (χ1n) is 7.37. The summed E-state index contributed by atoms with van der Waals surface area (Å²) in [5, 5.41) is 13.5. The number of nitriles is 1. The molecule has 19 heteroatoms. The predicted octanol–water partition coefficient (Wildman–Crippen LogP) is 1.15. The molecule has 0 amide bonds. The minimum atomic E-state index is -6.09. The second-order valence-electron chi connectivity index (χ2n) is 4.70. The minimum Gasteiger partial charge on any atom is -0.741 e. The van der Waals surface area contributed by atoms with Gasteiger partial charge < -0.3 is 19.7 Å². The molecule has 1 rings (SSSR count). The minimum absolute atomic E-state index is 0. The molecule has 0 aliphatic carbocycles. The van der Waals surface area contributed by atoms with Crippen LogP contribution < -0.4 is 10.6 Å². The number of nitrogens with zero attached hydrogens (tertiary/aromatic N) is 2. The molecule has 0 aliphatic rings. The van der Waals surface area contributed by atoms with Crippen molar-refractivity contribution in [2.24, 2.45) is 0 Å². The molecule has 1 radical (unpaired) electrons. The third-order valence-electron chi connectivity index (χ3n) is 2.15. The van der Waals surface area contributed by atoms with Gasteiger partial charge in [-0.3, -0.25) is 4.98 Å². The maximum absolute atomic E-state index is 10.7. The fourth-order valence-corrected chi connectivity index (χ4v) is 1.09. The van der Waals surface area contributed by atoms with E-state index in [1.807, 2.05) is 32.3 Å². The van der Waals surface area contributed by atoms with E-state index in [1.54, 1.807) is 6.07 Å². The Morgan fingerprint density at radius 3 is 1.28 bits per heavy atom. The maximum atomic E-state index is 10.7. The summed E-state index contributed by atoms with van der Waals surface area (Å²) in [5.74, 6) is 0. The summed E-state index contributed by atoms with van der Waals surface area (Å²) in [4.78, 5) is 4.43. The van der Waals surface area contributed by atoms with Gasteiger partial charge >= 0.3 is 28.1 Å². The summed E-state index contributed by atoms with van der Waals surface area (Å²) in [6.07, 6.45) is 0. The van der Waals surface area contributed by atoms with Crippen LogP contribution in [0.15, 0.2) is 18.2 Å². The Balaban J connectivity index is -0.000000175. The molecule has 0 saturated heterocycles. The van der Waals surface area contributed by atoms with Crippen molar-refractivity contribution >= 4 is 20.2 Å². The van der Waals surface area contributed by atoms with Crippen LogP contribution in [0, 0.1) is 11.3 Å². The Hall–Kier alpha value is -1.52. The molecule has 10 nitrogen and oxygen atoms in total. The smallest absolute Gasteiger partial charge is 0.741 e. The van der Waals surface area contributed by atoms with Crippen LogP contribution in [-0.2, 0) is 50.4 Å². The number of nitrogens with one attached hydrogen (secondary N) is 2. The first kappa shape index (κ1) is 37.8. The maximum Gasteiger partial charge on any atom is 2.00 e. The van der Waals surface area contributed by atoms with Crippen LogP contribution in [0.4, 0.5) is 26.3 Å². The summed E-state index contributed by atoms with van der Waals surface area (Å²) in [7, 11) is -8.33. The average Bonchev–Trinajstić information content (AvgIpc) is 2.54. The number of hydrogen-bond acceptors (Lipinski definition) is 10. The van der Waals surface area contributed by atoms with Crippen molar-refractivity contribution in [3.63, 3.8) is 0 Å². The van der Waals surface area contributed by atoms with E-state index in [9.17, 15) is 26.3 Å². The van der Waals surface area contributed by atoms with Crippen LogP contribution in [0.2, 0.25) is 0 Å². The summed E-state index contributed by atoms with van der Waals surface area (Å²) < 4.78 is 118. The van der Waals surface area contributed by atoms with Crippen molar-refractivity contribution in [1.82, 2.24) is 15.6 Å². The van der Waals surface area contributed by atoms with Gasteiger partial charge in [0.05, 0.1) is 17.5 Å². The molecule has 32 heavy (non-hydrogen) atoms. The van der Waals surface area contributed by atoms with Gasteiger partial charge in [-0.25, -0.2) is 16.8 Å². The van der Waals surface area contributed by atoms with E-state index in [4.69, 9.17) is 31.2 Å². The first-order chi connectivity index (χ1) is 13.8.